The highest BCUT2D eigenvalue weighted by atomic mass is 16.3. The van der Waals surface area contributed by atoms with E-state index < -0.39 is 0 Å². The molecule has 60 heavy (non-hydrogen) atoms. The summed E-state index contributed by atoms with van der Waals surface area (Å²) in [4.78, 5) is 28.9. The maximum Gasteiger partial charge on any atom is 0.204 e. The lowest BCUT2D eigenvalue weighted by Gasteiger charge is -2.12. The summed E-state index contributed by atoms with van der Waals surface area (Å²) in [5.74, 6) is 0. The van der Waals surface area contributed by atoms with Crippen molar-refractivity contribution in [2.75, 3.05) is 0 Å². The molecule has 0 bridgehead atoms. The molecule has 9 aromatic carbocycles. The van der Waals surface area contributed by atoms with Crippen molar-refractivity contribution in [3.8, 4) is 66.8 Å². The van der Waals surface area contributed by atoms with Crippen molar-refractivity contribution in [2.24, 2.45) is 0 Å². The molecule has 0 aliphatic rings. The fraction of sp³-hybridized carbons (Fsp3) is 0. The summed E-state index contributed by atoms with van der Waals surface area (Å²) in [5.41, 5.74) is 13.3. The van der Waals surface area contributed by atoms with Gasteiger partial charge in [0.1, 0.15) is 22.1 Å². The molecule has 282 valence electrons. The van der Waals surface area contributed by atoms with Crippen molar-refractivity contribution in [1.82, 2.24) is 0 Å². The Morgan fingerprint density at radius 2 is 0.650 bits per heavy atom. The number of hydrogen-bond donors (Lipinski definition) is 0. The van der Waals surface area contributed by atoms with Crippen LogP contribution in [0.3, 0.4) is 0 Å². The van der Waals surface area contributed by atoms with E-state index in [0.717, 1.165) is 66.8 Å². The molecule has 11 aromatic rings. The number of benzene rings is 9. The average Bonchev–Trinajstić information content (AvgIpc) is 3.32. The predicted octanol–water partition coefficient (Wildman–Crippen LogP) is 14.2. The van der Waals surface area contributed by atoms with Gasteiger partial charge in [0.15, 0.2) is 5.58 Å². The molecule has 0 fully saturated rings. The predicted molar refractivity (Wildman–Crippen MR) is 246 cm³/mol. The topological polar surface area (TPSA) is 60.4 Å². The summed E-state index contributed by atoms with van der Waals surface area (Å²) in [6.07, 6.45) is 0. The van der Waals surface area contributed by atoms with Crippen LogP contribution in [0.2, 0.25) is 0 Å². The third-order valence-electron chi connectivity index (χ3n) is 11.4. The van der Waals surface area contributed by atoms with Crippen LogP contribution >= 0.6 is 0 Å². The quantitative estimate of drug-likeness (QED) is 0.125. The van der Waals surface area contributed by atoms with E-state index in [2.05, 4.69) is 84.9 Å². The zero-order valence-corrected chi connectivity index (χ0v) is 32.3. The minimum absolute atomic E-state index is 0.206. The lowest BCUT2D eigenvalue weighted by Crippen LogP contribution is -2.07. The van der Waals surface area contributed by atoms with Crippen molar-refractivity contribution in [1.29, 1.82) is 0 Å². The number of fused-ring (bicyclic) bond motifs is 5. The van der Waals surface area contributed by atoms with Crippen LogP contribution < -0.4 is 10.9 Å². The standard InChI is InChI=1S/C56H34O4/c57-54-47-23-21-40(46-31-43(37-17-9-3-10-18-37)28-44(32-46)38-19-11-4-12-20-38)34-52(47)60-56-48(54)24-26-51-53(56)55(58)49-33-39(22-25-50(49)59-51)45-29-41(35-13-5-1-6-14-35)27-42(30-45)36-15-7-2-8-16-36/h1-34H. The van der Waals surface area contributed by atoms with Gasteiger partial charge < -0.3 is 8.83 Å². The van der Waals surface area contributed by atoms with Crippen LogP contribution in [0.15, 0.2) is 225 Å². The Hall–Kier alpha value is -8.08. The van der Waals surface area contributed by atoms with Crippen molar-refractivity contribution >= 4 is 43.9 Å². The summed E-state index contributed by atoms with van der Waals surface area (Å²) in [7, 11) is 0. The molecule has 4 nitrogen and oxygen atoms in total. The highest BCUT2D eigenvalue weighted by Gasteiger charge is 2.19. The first-order chi connectivity index (χ1) is 29.5. The molecular formula is C56H34O4. The van der Waals surface area contributed by atoms with Crippen LogP contribution in [-0.4, -0.2) is 0 Å². The minimum atomic E-state index is -0.261. The summed E-state index contributed by atoms with van der Waals surface area (Å²) in [6.45, 7) is 0. The zero-order chi connectivity index (χ0) is 40.2. The van der Waals surface area contributed by atoms with Crippen molar-refractivity contribution in [2.45, 2.75) is 0 Å². The van der Waals surface area contributed by atoms with Gasteiger partial charge in [0.05, 0.1) is 16.2 Å². The van der Waals surface area contributed by atoms with Gasteiger partial charge in [0, 0.05) is 0 Å². The van der Waals surface area contributed by atoms with Gasteiger partial charge in [0.2, 0.25) is 10.9 Å². The van der Waals surface area contributed by atoms with Crippen LogP contribution in [0, 0.1) is 0 Å². The van der Waals surface area contributed by atoms with Crippen molar-refractivity contribution < 1.29 is 8.83 Å². The van der Waals surface area contributed by atoms with Gasteiger partial charge in [-0.3, -0.25) is 9.59 Å². The van der Waals surface area contributed by atoms with Crippen LogP contribution in [-0.2, 0) is 0 Å². The molecule has 0 saturated heterocycles. The first-order valence-corrected chi connectivity index (χ1v) is 20.0. The van der Waals surface area contributed by atoms with Gasteiger partial charge in [-0.25, -0.2) is 0 Å². The van der Waals surface area contributed by atoms with E-state index in [1.165, 1.54) is 0 Å². The lowest BCUT2D eigenvalue weighted by atomic mass is 9.93. The molecule has 0 aliphatic carbocycles. The molecule has 0 aliphatic heterocycles. The molecule has 2 heterocycles. The molecule has 0 N–H and O–H groups in total. The molecule has 2 aromatic heterocycles. The summed E-state index contributed by atoms with van der Waals surface area (Å²) in [6, 6.07) is 69.0. The maximum atomic E-state index is 14.7. The number of hydrogen-bond acceptors (Lipinski definition) is 4. The smallest absolute Gasteiger partial charge is 0.204 e. The van der Waals surface area contributed by atoms with Gasteiger partial charge in [-0.05, 0) is 140 Å². The summed E-state index contributed by atoms with van der Waals surface area (Å²) < 4.78 is 13.1. The van der Waals surface area contributed by atoms with Gasteiger partial charge in [-0.2, -0.15) is 0 Å². The Morgan fingerprint density at radius 3 is 1.13 bits per heavy atom. The summed E-state index contributed by atoms with van der Waals surface area (Å²) >= 11 is 0. The monoisotopic (exact) mass is 770 g/mol. The van der Waals surface area contributed by atoms with Crippen molar-refractivity contribution in [3.63, 3.8) is 0 Å². The highest BCUT2D eigenvalue weighted by Crippen LogP contribution is 2.37. The Kier molecular flexibility index (Phi) is 8.42. The molecular weight excluding hydrogens is 737 g/mol. The Labute approximate surface area is 344 Å². The first kappa shape index (κ1) is 35.1. The molecule has 4 heteroatoms. The fourth-order valence-corrected chi connectivity index (χ4v) is 8.39. The van der Waals surface area contributed by atoms with Gasteiger partial charge in [0.25, 0.3) is 0 Å². The molecule has 0 saturated carbocycles. The Bertz CT molecular complexity index is 3440. The van der Waals surface area contributed by atoms with Gasteiger partial charge in [-0.1, -0.05) is 133 Å². The summed E-state index contributed by atoms with van der Waals surface area (Å²) in [5, 5.41) is 1.41. The first-order valence-electron chi connectivity index (χ1n) is 20.0. The van der Waals surface area contributed by atoms with Crippen LogP contribution in [0.4, 0.5) is 0 Å². The second-order valence-corrected chi connectivity index (χ2v) is 15.2. The van der Waals surface area contributed by atoms with Gasteiger partial charge in [-0.15, -0.1) is 0 Å². The second-order valence-electron chi connectivity index (χ2n) is 15.2. The molecule has 0 atom stereocenters. The largest absolute Gasteiger partial charge is 0.456 e. The maximum absolute atomic E-state index is 14.7. The molecule has 0 amide bonds. The van der Waals surface area contributed by atoms with E-state index in [9.17, 15) is 9.59 Å². The SMILES string of the molecule is O=c1c2ccc(-c3cc(-c4ccccc4)cc(-c4ccccc4)c3)cc2oc2c1ccc1oc3ccc(-c4cc(-c5ccccc5)cc(-c5ccccc5)c4)cc3c(=O)c12. The number of rotatable bonds is 6. The molecule has 0 spiro atoms. The van der Waals surface area contributed by atoms with Crippen LogP contribution in [0.25, 0.3) is 111 Å². The van der Waals surface area contributed by atoms with Gasteiger partial charge >= 0.3 is 0 Å². The molecule has 0 radical (unpaired) electrons. The minimum Gasteiger partial charge on any atom is -0.456 e. The van der Waals surface area contributed by atoms with E-state index in [-0.39, 0.29) is 21.8 Å². The Balaban J connectivity index is 1.08. The molecule has 11 rings (SSSR count). The third-order valence-corrected chi connectivity index (χ3v) is 11.4. The van der Waals surface area contributed by atoms with E-state index in [0.29, 0.717) is 32.9 Å². The second kappa shape index (κ2) is 14.4. The average molecular weight is 771 g/mol. The Morgan fingerprint density at radius 1 is 0.250 bits per heavy atom. The van der Waals surface area contributed by atoms with Crippen LogP contribution in [0.5, 0.6) is 0 Å². The van der Waals surface area contributed by atoms with E-state index in [1.54, 1.807) is 12.1 Å². The highest BCUT2D eigenvalue weighted by molar-refractivity contribution is 6.08. The van der Waals surface area contributed by atoms with E-state index >= 15 is 0 Å². The zero-order valence-electron chi connectivity index (χ0n) is 32.3. The third kappa shape index (κ3) is 6.19. The van der Waals surface area contributed by atoms with Crippen LogP contribution in [0.1, 0.15) is 0 Å². The van der Waals surface area contributed by atoms with E-state index in [1.807, 2.05) is 109 Å². The van der Waals surface area contributed by atoms with Crippen molar-refractivity contribution in [3.05, 3.63) is 227 Å². The van der Waals surface area contributed by atoms with E-state index in [4.69, 9.17) is 8.83 Å². The fourth-order valence-electron chi connectivity index (χ4n) is 8.39. The lowest BCUT2D eigenvalue weighted by molar-refractivity contribution is 0.649. The normalized spacial score (nSPS) is 11.5. The molecule has 0 unspecified atom stereocenters.